The van der Waals surface area contributed by atoms with Crippen LogP contribution in [0.25, 0.3) is 0 Å². The number of unbranched alkanes of at least 4 members (excludes halogenated alkanes) is 2. The minimum atomic E-state index is -1.43. The fourth-order valence-electron chi connectivity index (χ4n) is 5.91. The van der Waals surface area contributed by atoms with Crippen molar-refractivity contribution in [1.82, 2.24) is 0 Å². The lowest BCUT2D eigenvalue weighted by atomic mass is 9.73. The molecule has 1 heterocycles. The quantitative estimate of drug-likeness (QED) is 0.290. The molecule has 0 spiro atoms. The van der Waals surface area contributed by atoms with Gasteiger partial charge in [-0.2, -0.15) is 0 Å². The SMILES string of the molecule is CCCCC[Si]1(OC)CCC([C@H]2CC[C@H](CCc3ccc(F)c(F)c3)CC2)CC1. The molecule has 1 aliphatic heterocycles. The summed E-state index contributed by atoms with van der Waals surface area (Å²) in [5, 5.41) is 0. The highest BCUT2D eigenvalue weighted by Gasteiger charge is 2.40. The van der Waals surface area contributed by atoms with E-state index >= 15 is 0 Å². The van der Waals surface area contributed by atoms with Crippen LogP contribution in [0, 0.1) is 29.4 Å². The molecule has 0 bridgehead atoms. The number of aryl methyl sites for hydroxylation is 1. The fourth-order valence-corrected chi connectivity index (χ4v) is 9.96. The second kappa shape index (κ2) is 11.0. The van der Waals surface area contributed by atoms with Crippen molar-refractivity contribution in [2.75, 3.05) is 7.11 Å². The molecular weight excluding hydrogens is 382 g/mol. The Kier molecular flexibility index (Phi) is 8.73. The monoisotopic (exact) mass is 422 g/mol. The molecule has 3 rings (SSSR count). The third kappa shape index (κ3) is 6.37. The minimum absolute atomic E-state index is 0.714. The zero-order valence-electron chi connectivity index (χ0n) is 18.5. The summed E-state index contributed by atoms with van der Waals surface area (Å²) in [6, 6.07) is 8.51. The van der Waals surface area contributed by atoms with Crippen molar-refractivity contribution < 1.29 is 13.2 Å². The Balaban J connectivity index is 1.39. The summed E-state index contributed by atoms with van der Waals surface area (Å²) in [4.78, 5) is 0. The lowest BCUT2D eigenvalue weighted by Gasteiger charge is -2.42. The second-order valence-corrected chi connectivity index (χ2v) is 14.0. The van der Waals surface area contributed by atoms with Gasteiger partial charge in [-0.15, -0.1) is 0 Å². The van der Waals surface area contributed by atoms with E-state index in [1.54, 1.807) is 6.07 Å². The van der Waals surface area contributed by atoms with Crippen LogP contribution in [0.2, 0.25) is 18.1 Å². The Morgan fingerprint density at radius 2 is 1.62 bits per heavy atom. The van der Waals surface area contributed by atoms with Gasteiger partial charge in [0.1, 0.15) is 0 Å². The molecule has 1 aliphatic carbocycles. The summed E-state index contributed by atoms with van der Waals surface area (Å²) < 4.78 is 32.6. The molecule has 1 saturated carbocycles. The van der Waals surface area contributed by atoms with Crippen LogP contribution in [0.3, 0.4) is 0 Å². The summed E-state index contributed by atoms with van der Waals surface area (Å²) in [6.45, 7) is 2.28. The van der Waals surface area contributed by atoms with Gasteiger partial charge < -0.3 is 4.43 Å². The molecule has 29 heavy (non-hydrogen) atoms. The lowest BCUT2D eigenvalue weighted by molar-refractivity contribution is 0.180. The van der Waals surface area contributed by atoms with E-state index in [2.05, 4.69) is 6.92 Å². The van der Waals surface area contributed by atoms with Crippen molar-refractivity contribution >= 4 is 8.32 Å². The highest BCUT2D eigenvalue weighted by Crippen LogP contribution is 2.45. The van der Waals surface area contributed by atoms with Crippen molar-refractivity contribution in [3.63, 3.8) is 0 Å². The normalized spacial score (nSPS) is 30.4. The molecular formula is C25H40F2OSi. The fraction of sp³-hybridized carbons (Fsp3) is 0.760. The first kappa shape index (κ1) is 22.9. The van der Waals surface area contributed by atoms with Crippen molar-refractivity contribution in [2.24, 2.45) is 17.8 Å². The summed E-state index contributed by atoms with van der Waals surface area (Å²) in [6.07, 6.45) is 14.2. The third-order valence-electron chi connectivity index (χ3n) is 7.99. The van der Waals surface area contributed by atoms with Crippen LogP contribution in [-0.4, -0.2) is 15.4 Å². The van der Waals surface area contributed by atoms with Gasteiger partial charge in [-0.25, -0.2) is 8.78 Å². The molecule has 0 radical (unpaired) electrons. The van der Waals surface area contributed by atoms with Gasteiger partial charge in [-0.3, -0.25) is 0 Å². The molecule has 164 valence electrons. The molecule has 2 aliphatic rings. The highest BCUT2D eigenvalue weighted by molar-refractivity contribution is 6.73. The van der Waals surface area contributed by atoms with E-state index < -0.39 is 20.0 Å². The van der Waals surface area contributed by atoms with E-state index in [9.17, 15) is 8.78 Å². The van der Waals surface area contributed by atoms with Gasteiger partial charge in [0, 0.05) is 7.11 Å². The molecule has 1 aromatic rings. The largest absolute Gasteiger partial charge is 0.420 e. The number of hydrogen-bond acceptors (Lipinski definition) is 1. The summed E-state index contributed by atoms with van der Waals surface area (Å²) in [5.41, 5.74) is 0.933. The average Bonchev–Trinajstić information content (AvgIpc) is 2.76. The first-order valence-corrected chi connectivity index (χ1v) is 14.6. The third-order valence-corrected chi connectivity index (χ3v) is 12.5. The first-order valence-electron chi connectivity index (χ1n) is 12.0. The van der Waals surface area contributed by atoms with Crippen LogP contribution in [0.1, 0.15) is 76.7 Å². The smallest absolute Gasteiger partial charge is 0.192 e. The highest BCUT2D eigenvalue weighted by atomic mass is 28.4. The van der Waals surface area contributed by atoms with Crippen molar-refractivity contribution in [2.45, 2.75) is 95.7 Å². The van der Waals surface area contributed by atoms with E-state index in [1.165, 1.54) is 88.1 Å². The Bertz CT molecular complexity index is 619. The van der Waals surface area contributed by atoms with Crippen molar-refractivity contribution in [3.8, 4) is 0 Å². The number of rotatable bonds is 9. The van der Waals surface area contributed by atoms with E-state index in [1.807, 2.05) is 7.11 Å². The van der Waals surface area contributed by atoms with E-state index in [-0.39, 0.29) is 0 Å². The van der Waals surface area contributed by atoms with Crippen LogP contribution in [0.5, 0.6) is 0 Å². The predicted molar refractivity (Wildman–Crippen MR) is 120 cm³/mol. The minimum Gasteiger partial charge on any atom is -0.420 e. The van der Waals surface area contributed by atoms with Crippen LogP contribution in [-0.2, 0) is 10.8 Å². The lowest BCUT2D eigenvalue weighted by Crippen LogP contribution is -2.42. The van der Waals surface area contributed by atoms with E-state index in [0.717, 1.165) is 36.2 Å². The molecule has 1 nitrogen and oxygen atoms in total. The molecule has 4 heteroatoms. The first-order chi connectivity index (χ1) is 14.0. The van der Waals surface area contributed by atoms with Crippen LogP contribution < -0.4 is 0 Å². The van der Waals surface area contributed by atoms with Gasteiger partial charge >= 0.3 is 0 Å². The number of benzene rings is 1. The van der Waals surface area contributed by atoms with Crippen molar-refractivity contribution in [3.05, 3.63) is 35.4 Å². The van der Waals surface area contributed by atoms with Gasteiger partial charge in [0.05, 0.1) is 0 Å². The molecule has 0 amide bonds. The average molecular weight is 423 g/mol. The van der Waals surface area contributed by atoms with Gasteiger partial charge in [-0.05, 0) is 79.3 Å². The summed E-state index contributed by atoms with van der Waals surface area (Å²) in [5.74, 6) is 1.13. The van der Waals surface area contributed by atoms with Crippen molar-refractivity contribution in [1.29, 1.82) is 0 Å². The van der Waals surface area contributed by atoms with Gasteiger partial charge in [0.25, 0.3) is 0 Å². The van der Waals surface area contributed by atoms with Gasteiger partial charge in [0.2, 0.25) is 0 Å². The number of halogens is 2. The molecule has 0 unspecified atom stereocenters. The van der Waals surface area contributed by atoms with Crippen LogP contribution >= 0.6 is 0 Å². The molecule has 0 aromatic heterocycles. The maximum absolute atomic E-state index is 13.4. The summed E-state index contributed by atoms with van der Waals surface area (Å²) in [7, 11) is 0.554. The molecule has 1 aromatic carbocycles. The number of hydrogen-bond donors (Lipinski definition) is 0. The van der Waals surface area contributed by atoms with Crippen LogP contribution in [0.15, 0.2) is 18.2 Å². The standard InChI is InChI=1S/C25H40F2OSi/c1-3-4-5-16-29(28-2)17-14-23(15-18-29)22-11-8-20(9-12-22)6-7-21-10-13-24(26)25(27)19-21/h10,13,19-20,22-23H,3-9,11-12,14-18H2,1-2H3/t20-,22-,23?,29?. The topological polar surface area (TPSA) is 9.23 Å². The Morgan fingerprint density at radius 3 is 2.24 bits per heavy atom. The Labute approximate surface area is 177 Å². The van der Waals surface area contributed by atoms with Gasteiger partial charge in [-0.1, -0.05) is 57.9 Å². The maximum Gasteiger partial charge on any atom is 0.192 e. The molecule has 0 N–H and O–H groups in total. The second-order valence-electron chi connectivity index (χ2n) is 9.75. The zero-order valence-corrected chi connectivity index (χ0v) is 19.5. The molecule has 0 atom stereocenters. The molecule has 2 fully saturated rings. The maximum atomic E-state index is 13.4. The van der Waals surface area contributed by atoms with E-state index in [0.29, 0.717) is 0 Å². The summed E-state index contributed by atoms with van der Waals surface area (Å²) >= 11 is 0. The Morgan fingerprint density at radius 1 is 0.931 bits per heavy atom. The molecule has 1 saturated heterocycles. The van der Waals surface area contributed by atoms with E-state index in [4.69, 9.17) is 4.43 Å². The van der Waals surface area contributed by atoms with Gasteiger partial charge in [0.15, 0.2) is 20.0 Å². The van der Waals surface area contributed by atoms with Crippen LogP contribution in [0.4, 0.5) is 8.78 Å². The zero-order chi connectivity index (χ0) is 20.7. The Hall–Kier alpha value is -0.743. The predicted octanol–water partition coefficient (Wildman–Crippen LogP) is 7.90.